The lowest BCUT2D eigenvalue weighted by molar-refractivity contribution is -0.140. The molecule has 0 aliphatic rings. The van der Waals surface area contributed by atoms with Gasteiger partial charge in [0.2, 0.25) is 21.8 Å². The Morgan fingerprint density at radius 1 is 0.976 bits per heavy atom. The van der Waals surface area contributed by atoms with Gasteiger partial charge in [0.25, 0.3) is 0 Å². The predicted octanol–water partition coefficient (Wildman–Crippen LogP) is 5.21. The van der Waals surface area contributed by atoms with Gasteiger partial charge in [0.05, 0.1) is 22.5 Å². The van der Waals surface area contributed by atoms with Gasteiger partial charge in [0.1, 0.15) is 12.6 Å². The van der Waals surface area contributed by atoms with E-state index in [-0.39, 0.29) is 25.2 Å². The van der Waals surface area contributed by atoms with Crippen LogP contribution in [-0.2, 0) is 38.8 Å². The van der Waals surface area contributed by atoms with Gasteiger partial charge in [0.15, 0.2) is 0 Å². The molecule has 0 spiro atoms. The lowest BCUT2D eigenvalue weighted by Gasteiger charge is -2.33. The fraction of sp³-hybridized carbons (Fsp3) is 0.310. The Hall–Kier alpha value is -3.57. The number of anilines is 1. The predicted molar refractivity (Wildman–Crippen MR) is 153 cm³/mol. The fourth-order valence-corrected chi connectivity index (χ4v) is 5.30. The first-order valence-electron chi connectivity index (χ1n) is 12.7. The number of hydrogen-bond donors (Lipinski definition) is 1. The van der Waals surface area contributed by atoms with Crippen LogP contribution in [0.25, 0.3) is 0 Å². The molecule has 41 heavy (non-hydrogen) atoms. The number of nitrogens with one attached hydrogen (secondary N) is 1. The fourth-order valence-electron chi connectivity index (χ4n) is 4.24. The Morgan fingerprint density at radius 2 is 1.61 bits per heavy atom. The molecule has 0 aromatic heterocycles. The van der Waals surface area contributed by atoms with E-state index in [2.05, 4.69) is 5.32 Å². The second kappa shape index (κ2) is 13.4. The molecule has 0 unspecified atom stereocenters. The van der Waals surface area contributed by atoms with E-state index in [1.165, 1.54) is 4.90 Å². The van der Waals surface area contributed by atoms with Gasteiger partial charge in [-0.25, -0.2) is 8.42 Å². The maximum absolute atomic E-state index is 13.9. The van der Waals surface area contributed by atoms with Crippen molar-refractivity contribution in [3.63, 3.8) is 0 Å². The molecule has 0 saturated heterocycles. The first kappa shape index (κ1) is 32.0. The summed E-state index contributed by atoms with van der Waals surface area (Å²) in [5.74, 6) is -1.22. The summed E-state index contributed by atoms with van der Waals surface area (Å²) in [6.07, 6.45) is -3.93. The average molecular weight is 610 g/mol. The van der Waals surface area contributed by atoms with Crippen molar-refractivity contribution in [2.45, 2.75) is 39.0 Å². The summed E-state index contributed by atoms with van der Waals surface area (Å²) >= 11 is 5.73. The van der Waals surface area contributed by atoms with Crippen LogP contribution in [0.2, 0.25) is 5.02 Å². The minimum Gasteiger partial charge on any atom is -0.355 e. The van der Waals surface area contributed by atoms with E-state index >= 15 is 0 Å². The van der Waals surface area contributed by atoms with Crippen molar-refractivity contribution in [2.75, 3.05) is 23.7 Å². The van der Waals surface area contributed by atoms with Crippen molar-refractivity contribution in [2.24, 2.45) is 0 Å². The van der Waals surface area contributed by atoms with Gasteiger partial charge >= 0.3 is 6.18 Å². The van der Waals surface area contributed by atoms with Crippen LogP contribution < -0.4 is 9.62 Å². The molecule has 220 valence electrons. The van der Waals surface area contributed by atoms with Crippen LogP contribution in [0.4, 0.5) is 18.9 Å². The van der Waals surface area contributed by atoms with E-state index in [9.17, 15) is 31.2 Å². The van der Waals surface area contributed by atoms with E-state index in [1.54, 1.807) is 43.3 Å². The van der Waals surface area contributed by atoms with Gasteiger partial charge in [-0.05, 0) is 43.2 Å². The van der Waals surface area contributed by atoms with E-state index in [0.29, 0.717) is 15.9 Å². The number of carbonyl (C=O) groups excluding carboxylic acids is 2. The highest BCUT2D eigenvalue weighted by molar-refractivity contribution is 7.92. The number of aryl methyl sites for hydroxylation is 1. The van der Waals surface area contributed by atoms with E-state index in [0.717, 1.165) is 29.5 Å². The van der Waals surface area contributed by atoms with Crippen molar-refractivity contribution >= 4 is 39.1 Å². The average Bonchev–Trinajstić information content (AvgIpc) is 2.90. The number of hydrogen-bond acceptors (Lipinski definition) is 4. The third-order valence-electron chi connectivity index (χ3n) is 6.32. The van der Waals surface area contributed by atoms with E-state index in [1.807, 2.05) is 25.1 Å². The number of sulfonamides is 1. The van der Waals surface area contributed by atoms with Crippen LogP contribution in [-0.4, -0.2) is 50.5 Å². The molecule has 0 bridgehead atoms. The summed E-state index contributed by atoms with van der Waals surface area (Å²) < 4.78 is 66.8. The molecule has 7 nitrogen and oxygen atoms in total. The quantitative estimate of drug-likeness (QED) is 0.323. The molecule has 0 radical (unpaired) electrons. The topological polar surface area (TPSA) is 86.8 Å². The molecule has 0 saturated carbocycles. The van der Waals surface area contributed by atoms with Crippen molar-refractivity contribution in [3.8, 4) is 0 Å². The summed E-state index contributed by atoms with van der Waals surface area (Å²) in [6, 6.07) is 17.8. The molecular weight excluding hydrogens is 579 g/mol. The van der Waals surface area contributed by atoms with Gasteiger partial charge in [-0.1, -0.05) is 71.8 Å². The van der Waals surface area contributed by atoms with Crippen LogP contribution in [0, 0.1) is 6.92 Å². The Kier molecular flexibility index (Phi) is 10.4. The SMILES string of the molecule is CCNC(=O)[C@@H](Cc1ccccc1)N(Cc1ccc(C)cc1)C(=O)CN(c1ccc(Cl)c(C(F)(F)F)c1)S(C)(=O)=O. The number of nitrogens with zero attached hydrogens (tertiary/aromatic N) is 2. The second-order valence-corrected chi connectivity index (χ2v) is 11.9. The number of halogens is 4. The Bertz CT molecular complexity index is 1470. The third kappa shape index (κ3) is 8.71. The standard InChI is InChI=1S/C29H31ClF3N3O4S/c1-4-34-28(38)26(16-21-8-6-5-7-9-21)35(18-22-12-10-20(2)11-13-22)27(37)19-36(41(3,39)40)23-14-15-25(30)24(17-23)29(31,32)33/h5-15,17,26H,4,16,18-19H2,1-3H3,(H,34,38)/t26-/m1/s1. The minimum absolute atomic E-state index is 0.0419. The largest absolute Gasteiger partial charge is 0.417 e. The molecule has 0 fully saturated rings. The molecule has 3 rings (SSSR count). The molecule has 0 aliphatic carbocycles. The monoisotopic (exact) mass is 609 g/mol. The zero-order valence-electron chi connectivity index (χ0n) is 22.8. The maximum Gasteiger partial charge on any atom is 0.417 e. The third-order valence-corrected chi connectivity index (χ3v) is 7.79. The molecular formula is C29H31ClF3N3O4S. The lowest BCUT2D eigenvalue weighted by atomic mass is 10.0. The van der Waals surface area contributed by atoms with Gasteiger partial charge in [-0.15, -0.1) is 0 Å². The Morgan fingerprint density at radius 3 is 2.17 bits per heavy atom. The lowest BCUT2D eigenvalue weighted by Crippen LogP contribution is -2.53. The number of carbonyl (C=O) groups is 2. The summed E-state index contributed by atoms with van der Waals surface area (Å²) in [5.41, 5.74) is 0.799. The Balaban J connectivity index is 2.08. The number of likely N-dealkylation sites (N-methyl/N-ethyl adjacent to an activating group) is 1. The molecule has 1 N–H and O–H groups in total. The normalized spacial score (nSPS) is 12.5. The molecule has 0 heterocycles. The highest BCUT2D eigenvalue weighted by atomic mass is 35.5. The molecule has 3 aromatic rings. The first-order chi connectivity index (χ1) is 19.2. The number of alkyl halides is 3. The summed E-state index contributed by atoms with van der Waals surface area (Å²) in [4.78, 5) is 28.5. The van der Waals surface area contributed by atoms with Crippen molar-refractivity contribution in [3.05, 3.63) is 100 Å². The zero-order valence-corrected chi connectivity index (χ0v) is 24.4. The maximum atomic E-state index is 13.9. The second-order valence-electron chi connectivity index (χ2n) is 9.54. The van der Waals surface area contributed by atoms with Crippen LogP contribution in [0.15, 0.2) is 72.8 Å². The van der Waals surface area contributed by atoms with Crippen LogP contribution in [0.3, 0.4) is 0 Å². The molecule has 0 aliphatic heterocycles. The van der Waals surface area contributed by atoms with Crippen LogP contribution in [0.5, 0.6) is 0 Å². The minimum atomic E-state index is -4.85. The van der Waals surface area contributed by atoms with E-state index in [4.69, 9.17) is 11.6 Å². The molecule has 2 amide bonds. The molecule has 12 heteroatoms. The summed E-state index contributed by atoms with van der Waals surface area (Å²) in [7, 11) is -4.24. The van der Waals surface area contributed by atoms with Gasteiger partial charge in [0, 0.05) is 19.5 Å². The van der Waals surface area contributed by atoms with Crippen LogP contribution in [0.1, 0.15) is 29.2 Å². The van der Waals surface area contributed by atoms with Gasteiger partial charge in [-0.3, -0.25) is 13.9 Å². The Labute approximate surface area is 243 Å². The van der Waals surface area contributed by atoms with Crippen molar-refractivity contribution < 1.29 is 31.2 Å². The highest BCUT2D eigenvalue weighted by Crippen LogP contribution is 2.37. The molecule has 3 aromatic carbocycles. The van der Waals surface area contributed by atoms with Crippen LogP contribution >= 0.6 is 11.6 Å². The number of benzene rings is 3. The van der Waals surface area contributed by atoms with Crippen molar-refractivity contribution in [1.82, 2.24) is 10.2 Å². The number of amides is 2. The zero-order chi connectivity index (χ0) is 30.4. The van der Waals surface area contributed by atoms with E-state index < -0.39 is 51.2 Å². The summed E-state index contributed by atoms with van der Waals surface area (Å²) in [5, 5.41) is 2.13. The highest BCUT2D eigenvalue weighted by Gasteiger charge is 2.36. The van der Waals surface area contributed by atoms with Gasteiger partial charge in [-0.2, -0.15) is 13.2 Å². The van der Waals surface area contributed by atoms with Crippen molar-refractivity contribution in [1.29, 1.82) is 0 Å². The smallest absolute Gasteiger partial charge is 0.355 e. The number of rotatable bonds is 11. The first-order valence-corrected chi connectivity index (χ1v) is 14.9. The summed E-state index contributed by atoms with van der Waals surface area (Å²) in [6.45, 7) is 3.03. The molecule has 1 atom stereocenters. The van der Waals surface area contributed by atoms with Gasteiger partial charge < -0.3 is 10.2 Å².